The van der Waals surface area contributed by atoms with Crippen LogP contribution in [0.15, 0.2) is 18.2 Å². The van der Waals surface area contributed by atoms with E-state index in [-0.39, 0.29) is 51.4 Å². The molecular formula is C7H5BF5K. The van der Waals surface area contributed by atoms with Gasteiger partial charge in [-0.1, -0.05) is 12.4 Å². The zero-order valence-electron chi connectivity index (χ0n) is 7.41. The van der Waals surface area contributed by atoms with Gasteiger partial charge in [0.1, 0.15) is 11.6 Å². The molecule has 0 aliphatic rings. The maximum absolute atomic E-state index is 12.7. The summed E-state index contributed by atoms with van der Waals surface area (Å²) in [5, 5.41) is 0. The summed E-state index contributed by atoms with van der Waals surface area (Å²) in [5.74, 6) is -2.03. The maximum Gasteiger partial charge on any atom is 1.00 e. The molecule has 72 valence electrons. The second kappa shape index (κ2) is 5.60. The second-order valence-corrected chi connectivity index (χ2v) is 2.65. The number of hydrogen-bond acceptors (Lipinski definition) is 0. The van der Waals surface area contributed by atoms with E-state index in [0.717, 1.165) is 12.1 Å². The largest absolute Gasteiger partial charge is 1.00 e. The topological polar surface area (TPSA) is 0 Å². The molecule has 14 heavy (non-hydrogen) atoms. The minimum absolute atomic E-state index is 0. The molecule has 0 amide bonds. The Morgan fingerprint density at radius 3 is 2.07 bits per heavy atom. The first kappa shape index (κ1) is 14.6. The molecule has 0 fully saturated rings. The molecule has 1 rings (SSSR count). The van der Waals surface area contributed by atoms with Crippen LogP contribution in [0.3, 0.4) is 0 Å². The molecule has 0 saturated heterocycles. The summed E-state index contributed by atoms with van der Waals surface area (Å²) >= 11 is 0. The predicted octanol–water partition coefficient (Wildman–Crippen LogP) is -0.102. The Labute approximate surface area is 120 Å². The van der Waals surface area contributed by atoms with Gasteiger partial charge in [0.25, 0.3) is 0 Å². The van der Waals surface area contributed by atoms with Gasteiger partial charge in [-0.3, -0.25) is 0 Å². The Balaban J connectivity index is 0.00000169. The molecule has 0 heterocycles. The van der Waals surface area contributed by atoms with Crippen LogP contribution in [-0.2, 0) is 6.32 Å². The fourth-order valence-corrected chi connectivity index (χ4v) is 0.937. The summed E-state index contributed by atoms with van der Waals surface area (Å²) in [6.45, 7) is -5.07. The minimum Gasteiger partial charge on any atom is -0.449 e. The van der Waals surface area contributed by atoms with Crippen molar-refractivity contribution >= 4 is 6.98 Å². The van der Waals surface area contributed by atoms with Gasteiger partial charge in [-0.15, -0.1) is 0 Å². The molecule has 0 radical (unpaired) electrons. The smallest absolute Gasteiger partial charge is 0.449 e. The van der Waals surface area contributed by atoms with Crippen molar-refractivity contribution in [1.82, 2.24) is 0 Å². The molecule has 0 aliphatic heterocycles. The van der Waals surface area contributed by atoms with E-state index in [1.165, 1.54) is 0 Å². The second-order valence-electron chi connectivity index (χ2n) is 2.65. The minimum atomic E-state index is -5.07. The van der Waals surface area contributed by atoms with Crippen molar-refractivity contribution in [2.24, 2.45) is 0 Å². The number of hydrogen-bond donors (Lipinski definition) is 0. The average molecular weight is 234 g/mol. The number of rotatable bonds is 2. The Morgan fingerprint density at radius 1 is 1.07 bits per heavy atom. The molecule has 0 spiro atoms. The third kappa shape index (κ3) is 4.88. The van der Waals surface area contributed by atoms with E-state index in [9.17, 15) is 21.7 Å². The van der Waals surface area contributed by atoms with Crippen LogP contribution in [0, 0.1) is 11.6 Å². The quantitative estimate of drug-likeness (QED) is 0.495. The van der Waals surface area contributed by atoms with Gasteiger partial charge >= 0.3 is 58.4 Å². The van der Waals surface area contributed by atoms with E-state index < -0.39 is 30.5 Å². The van der Waals surface area contributed by atoms with Crippen LogP contribution >= 0.6 is 0 Å². The van der Waals surface area contributed by atoms with Gasteiger partial charge in [0.15, 0.2) is 0 Å². The van der Waals surface area contributed by atoms with E-state index in [1.54, 1.807) is 0 Å². The van der Waals surface area contributed by atoms with Crippen molar-refractivity contribution < 1.29 is 73.1 Å². The van der Waals surface area contributed by atoms with Gasteiger partial charge in [-0.05, 0) is 11.6 Å². The third-order valence-corrected chi connectivity index (χ3v) is 1.47. The molecule has 0 nitrogen and oxygen atoms in total. The summed E-state index contributed by atoms with van der Waals surface area (Å²) in [6.07, 6.45) is -1.31. The zero-order chi connectivity index (χ0) is 10.1. The first-order valence-corrected chi connectivity index (χ1v) is 3.53. The zero-order valence-corrected chi connectivity index (χ0v) is 10.5. The first-order valence-electron chi connectivity index (χ1n) is 3.53. The van der Waals surface area contributed by atoms with Crippen LogP contribution in [-0.4, -0.2) is 6.98 Å². The van der Waals surface area contributed by atoms with E-state index >= 15 is 0 Å². The molecule has 0 aliphatic carbocycles. The van der Waals surface area contributed by atoms with E-state index in [1.807, 2.05) is 0 Å². The molecule has 1 aromatic carbocycles. The van der Waals surface area contributed by atoms with Gasteiger partial charge in [0, 0.05) is 6.07 Å². The summed E-state index contributed by atoms with van der Waals surface area (Å²) in [5.41, 5.74) is -0.520. The fraction of sp³-hybridized carbons (Fsp3) is 0.143. The van der Waals surface area contributed by atoms with Crippen molar-refractivity contribution in [3.8, 4) is 0 Å². The van der Waals surface area contributed by atoms with Crippen molar-refractivity contribution in [3.63, 3.8) is 0 Å². The Morgan fingerprint density at radius 2 is 1.64 bits per heavy atom. The molecule has 0 bridgehead atoms. The van der Waals surface area contributed by atoms with E-state index in [2.05, 4.69) is 0 Å². The van der Waals surface area contributed by atoms with Crippen LogP contribution in [0.2, 0.25) is 0 Å². The monoisotopic (exact) mass is 234 g/mol. The van der Waals surface area contributed by atoms with Crippen LogP contribution < -0.4 is 51.4 Å². The predicted molar refractivity (Wildman–Crippen MR) is 39.1 cm³/mol. The Hall–Kier alpha value is 0.571. The van der Waals surface area contributed by atoms with Crippen LogP contribution in [0.25, 0.3) is 0 Å². The summed E-state index contributed by atoms with van der Waals surface area (Å²) in [7, 11) is 0. The van der Waals surface area contributed by atoms with Crippen LogP contribution in [0.5, 0.6) is 0 Å². The summed E-state index contributed by atoms with van der Waals surface area (Å²) in [4.78, 5) is 0. The fourth-order valence-electron chi connectivity index (χ4n) is 0.937. The summed E-state index contributed by atoms with van der Waals surface area (Å²) in [6, 6.07) is 2.05. The van der Waals surface area contributed by atoms with E-state index in [4.69, 9.17) is 0 Å². The molecule has 1 aromatic rings. The maximum atomic E-state index is 12.7. The van der Waals surface area contributed by atoms with Crippen molar-refractivity contribution in [3.05, 3.63) is 35.4 Å². The number of halogens is 5. The molecular weight excluding hydrogens is 229 g/mol. The Kier molecular flexibility index (Phi) is 5.83. The molecule has 0 atom stereocenters. The van der Waals surface area contributed by atoms with Crippen molar-refractivity contribution in [1.29, 1.82) is 0 Å². The standard InChI is InChI=1S/C7H5BF5.K/c9-6-2-1-5(7(10)3-6)4-8(11,12)13;/h1-3H,4H2;/q-1;+1. The molecule has 0 N–H and O–H groups in total. The molecule has 0 saturated carbocycles. The van der Waals surface area contributed by atoms with Gasteiger partial charge in [0.05, 0.1) is 0 Å². The average Bonchev–Trinajstić information content (AvgIpc) is 1.93. The third-order valence-electron chi connectivity index (χ3n) is 1.47. The van der Waals surface area contributed by atoms with Crippen LogP contribution in [0.1, 0.15) is 5.56 Å². The normalized spacial score (nSPS) is 10.9. The van der Waals surface area contributed by atoms with Gasteiger partial charge in [-0.25, -0.2) is 8.78 Å². The molecule has 0 aromatic heterocycles. The van der Waals surface area contributed by atoms with Crippen LogP contribution in [0.4, 0.5) is 21.7 Å². The first-order chi connectivity index (χ1) is 5.88. The van der Waals surface area contributed by atoms with Crippen molar-refractivity contribution in [2.75, 3.05) is 0 Å². The molecule has 7 heteroatoms. The number of benzene rings is 1. The van der Waals surface area contributed by atoms with Gasteiger partial charge in [-0.2, -0.15) is 0 Å². The Bertz CT molecular complexity index is 311. The van der Waals surface area contributed by atoms with Crippen molar-refractivity contribution in [2.45, 2.75) is 6.32 Å². The van der Waals surface area contributed by atoms with E-state index in [0.29, 0.717) is 6.07 Å². The SMILES string of the molecule is Fc1ccc(C[B-](F)(F)F)c(F)c1.[K+]. The van der Waals surface area contributed by atoms with Gasteiger partial charge < -0.3 is 12.9 Å². The molecule has 0 unspecified atom stereocenters. The summed E-state index contributed by atoms with van der Waals surface area (Å²) < 4.78 is 60.4. The van der Waals surface area contributed by atoms with Gasteiger partial charge in [0.2, 0.25) is 0 Å².